The first-order valence-electron chi connectivity index (χ1n) is 8.26. The largest absolute Gasteiger partial charge is 0.501 e. The quantitative estimate of drug-likeness (QED) is 0.592. The first kappa shape index (κ1) is 19.8. The smallest absolute Gasteiger partial charge is 0.301 e. The van der Waals surface area contributed by atoms with Gasteiger partial charge in [0, 0.05) is 12.6 Å². The lowest BCUT2D eigenvalue weighted by Gasteiger charge is -2.05. The number of ketones is 1. The fourth-order valence-corrected chi connectivity index (χ4v) is 4.12. The lowest BCUT2D eigenvalue weighted by molar-refractivity contribution is -0.872. The maximum Gasteiger partial charge on any atom is 0.301 e. The number of nitrogens with zero attached hydrogens (tertiary/aromatic N) is 2. The number of halogens is 2. The van der Waals surface area contributed by atoms with Crippen molar-refractivity contribution >= 4 is 45.3 Å². The summed E-state index contributed by atoms with van der Waals surface area (Å²) in [4.78, 5) is 31.7. The van der Waals surface area contributed by atoms with E-state index >= 15 is 0 Å². The van der Waals surface area contributed by atoms with Gasteiger partial charge in [0.1, 0.15) is 6.54 Å². The predicted octanol–water partition coefficient (Wildman–Crippen LogP) is 2.23. The molecule has 2 N–H and O–H groups in total. The van der Waals surface area contributed by atoms with E-state index in [9.17, 15) is 14.7 Å². The highest BCUT2D eigenvalue weighted by Gasteiger charge is 2.20. The highest BCUT2D eigenvalue weighted by Crippen LogP contribution is 2.24. The van der Waals surface area contributed by atoms with Crippen molar-refractivity contribution in [1.82, 2.24) is 9.38 Å². The second kappa shape index (κ2) is 7.98. The van der Waals surface area contributed by atoms with Crippen LogP contribution in [0.5, 0.6) is 5.75 Å². The van der Waals surface area contributed by atoms with Crippen LogP contribution in [0.3, 0.4) is 0 Å². The Morgan fingerprint density at radius 3 is 2.70 bits per heavy atom. The molecule has 3 rings (SSSR count). The van der Waals surface area contributed by atoms with Gasteiger partial charge in [0.15, 0.2) is 16.4 Å². The van der Waals surface area contributed by atoms with Gasteiger partial charge in [0.05, 0.1) is 29.0 Å². The molecule has 9 heteroatoms. The molecule has 3 aromatic rings. The molecular formula is C18H18Cl2N3O3S+. The lowest BCUT2D eigenvalue weighted by atomic mass is 10.1. The number of benzene rings is 1. The Balaban J connectivity index is 1.86. The van der Waals surface area contributed by atoms with Crippen molar-refractivity contribution in [2.24, 2.45) is 0 Å². The molecule has 0 radical (unpaired) electrons. The molecule has 0 fully saturated rings. The number of rotatable bonds is 6. The summed E-state index contributed by atoms with van der Waals surface area (Å²) in [6, 6.07) is 5.14. The molecule has 0 atom stereocenters. The van der Waals surface area contributed by atoms with Crippen molar-refractivity contribution in [3.05, 3.63) is 60.9 Å². The highest BCUT2D eigenvalue weighted by molar-refractivity contribution is 7.17. The Labute approximate surface area is 169 Å². The van der Waals surface area contributed by atoms with Crippen LogP contribution in [0.4, 0.5) is 0 Å². The summed E-state index contributed by atoms with van der Waals surface area (Å²) in [7, 11) is 3.99. The summed E-state index contributed by atoms with van der Waals surface area (Å²) in [5.41, 5.74) is 0.0159. The van der Waals surface area contributed by atoms with Crippen LogP contribution in [0.1, 0.15) is 27.3 Å². The predicted molar refractivity (Wildman–Crippen MR) is 107 cm³/mol. The fraction of sp³-hybridized carbons (Fsp3) is 0.278. The maximum atomic E-state index is 12.5. The zero-order valence-electron chi connectivity index (χ0n) is 14.8. The summed E-state index contributed by atoms with van der Waals surface area (Å²) >= 11 is 13.2. The number of quaternary nitrogens is 1. The minimum atomic E-state index is -0.630. The molecule has 6 nitrogen and oxygen atoms in total. The molecule has 0 amide bonds. The molecule has 0 bridgehead atoms. The molecule has 0 aliphatic heterocycles. The topological polar surface area (TPSA) is 76.1 Å². The van der Waals surface area contributed by atoms with Gasteiger partial charge in [-0.25, -0.2) is 4.98 Å². The van der Waals surface area contributed by atoms with Crippen LogP contribution in [0.2, 0.25) is 10.0 Å². The first-order chi connectivity index (χ1) is 12.8. The van der Waals surface area contributed by atoms with E-state index in [1.54, 1.807) is 24.4 Å². The molecular weight excluding hydrogens is 409 g/mol. The van der Waals surface area contributed by atoms with Crippen LogP contribution < -0.4 is 10.5 Å². The fourth-order valence-electron chi connectivity index (χ4n) is 2.67. The van der Waals surface area contributed by atoms with Crippen LogP contribution >= 0.6 is 34.5 Å². The third kappa shape index (κ3) is 4.32. The van der Waals surface area contributed by atoms with Gasteiger partial charge in [-0.05, 0) is 24.1 Å². The van der Waals surface area contributed by atoms with Crippen LogP contribution in [0.25, 0.3) is 4.96 Å². The second-order valence-electron chi connectivity index (χ2n) is 6.52. The van der Waals surface area contributed by atoms with Crippen LogP contribution in [-0.2, 0) is 13.0 Å². The highest BCUT2D eigenvalue weighted by atomic mass is 35.5. The Morgan fingerprint density at radius 1 is 1.30 bits per heavy atom. The number of nitrogens with one attached hydrogen (secondary N) is 1. The summed E-state index contributed by atoms with van der Waals surface area (Å²) in [5, 5.41) is 11.0. The van der Waals surface area contributed by atoms with E-state index in [0.29, 0.717) is 21.4 Å². The standard InChI is InChI=1S/C18H17Cl2N3O3S/c1-22(2)8-11-9-23-17(26)16(25)15(21-18(23)27-11)14(24)6-4-10-3-5-12(19)13(20)7-10/h3,5,7,9,25H,4,6,8H2,1-2H3/p+1. The van der Waals surface area contributed by atoms with Gasteiger partial charge in [-0.1, -0.05) is 40.6 Å². The van der Waals surface area contributed by atoms with E-state index in [1.165, 1.54) is 20.6 Å². The van der Waals surface area contributed by atoms with Crippen LogP contribution in [0.15, 0.2) is 29.2 Å². The molecule has 0 aliphatic carbocycles. The zero-order valence-corrected chi connectivity index (χ0v) is 17.1. The number of aromatic nitrogens is 2. The minimum absolute atomic E-state index is 0.0915. The summed E-state index contributed by atoms with van der Waals surface area (Å²) < 4.78 is 1.29. The van der Waals surface area contributed by atoms with E-state index in [1.807, 2.05) is 14.1 Å². The van der Waals surface area contributed by atoms with E-state index in [-0.39, 0.29) is 12.1 Å². The van der Waals surface area contributed by atoms with Gasteiger partial charge in [-0.3, -0.25) is 14.0 Å². The number of aryl methyl sites for hydroxylation is 1. The number of fused-ring (bicyclic) bond motifs is 1. The minimum Gasteiger partial charge on any atom is -0.501 e. The van der Waals surface area contributed by atoms with Crippen molar-refractivity contribution in [1.29, 1.82) is 0 Å². The van der Waals surface area contributed by atoms with Crippen molar-refractivity contribution in [3.8, 4) is 5.75 Å². The second-order valence-corrected chi connectivity index (χ2v) is 8.43. The normalized spacial score (nSPS) is 11.4. The van der Waals surface area contributed by atoms with Gasteiger partial charge in [-0.15, -0.1) is 0 Å². The van der Waals surface area contributed by atoms with Gasteiger partial charge in [0.2, 0.25) is 5.75 Å². The van der Waals surface area contributed by atoms with Gasteiger partial charge in [0.25, 0.3) is 0 Å². The SMILES string of the molecule is C[NH+](C)Cc1cn2c(=O)c(O)c(C(=O)CCc3ccc(Cl)c(Cl)c3)nc2s1. The third-order valence-corrected chi connectivity index (χ3v) is 5.69. The van der Waals surface area contributed by atoms with Gasteiger partial charge in [-0.2, -0.15) is 0 Å². The number of Topliss-reactive ketones (excluding diaryl/α,β-unsaturated/α-hetero) is 1. The number of carbonyl (C=O) groups excluding carboxylic acids is 1. The summed E-state index contributed by atoms with van der Waals surface area (Å²) in [6.07, 6.45) is 2.15. The van der Waals surface area contributed by atoms with E-state index in [0.717, 1.165) is 17.0 Å². The van der Waals surface area contributed by atoms with E-state index in [4.69, 9.17) is 23.2 Å². The molecule has 0 unspecified atom stereocenters. The molecule has 27 heavy (non-hydrogen) atoms. The molecule has 2 aromatic heterocycles. The lowest BCUT2D eigenvalue weighted by Crippen LogP contribution is -3.04. The monoisotopic (exact) mass is 426 g/mol. The Hall–Kier alpha value is -1.93. The number of thiazole rings is 1. The van der Waals surface area contributed by atoms with Crippen LogP contribution in [0, 0.1) is 0 Å². The molecule has 0 saturated heterocycles. The maximum absolute atomic E-state index is 12.5. The molecule has 2 heterocycles. The number of hydrogen-bond donors (Lipinski definition) is 2. The molecule has 0 spiro atoms. The number of aromatic hydroxyl groups is 1. The van der Waals surface area contributed by atoms with Crippen molar-refractivity contribution in [2.75, 3.05) is 14.1 Å². The van der Waals surface area contributed by atoms with Crippen molar-refractivity contribution in [3.63, 3.8) is 0 Å². The Kier molecular flexibility index (Phi) is 5.86. The first-order valence-corrected chi connectivity index (χ1v) is 9.83. The number of hydrogen-bond acceptors (Lipinski definition) is 5. The van der Waals surface area contributed by atoms with Crippen molar-refractivity contribution < 1.29 is 14.8 Å². The van der Waals surface area contributed by atoms with E-state index < -0.39 is 17.1 Å². The van der Waals surface area contributed by atoms with Gasteiger partial charge < -0.3 is 10.0 Å². The summed E-state index contributed by atoms with van der Waals surface area (Å²) in [5.74, 6) is -1.01. The Bertz CT molecular complexity index is 1080. The number of carbonyl (C=O) groups is 1. The zero-order chi connectivity index (χ0) is 19.7. The van der Waals surface area contributed by atoms with Crippen LogP contribution in [-0.4, -0.2) is 34.4 Å². The van der Waals surface area contributed by atoms with E-state index in [2.05, 4.69) is 4.98 Å². The molecule has 1 aromatic carbocycles. The molecule has 142 valence electrons. The molecule has 0 saturated carbocycles. The third-order valence-electron chi connectivity index (χ3n) is 3.97. The van der Waals surface area contributed by atoms with Gasteiger partial charge >= 0.3 is 5.56 Å². The average Bonchev–Trinajstić information content (AvgIpc) is 3.00. The summed E-state index contributed by atoms with van der Waals surface area (Å²) in [6.45, 7) is 0.717. The average molecular weight is 427 g/mol. The van der Waals surface area contributed by atoms with Crippen molar-refractivity contribution in [2.45, 2.75) is 19.4 Å². The Morgan fingerprint density at radius 2 is 2.04 bits per heavy atom. The molecule has 0 aliphatic rings.